The second-order valence-corrected chi connectivity index (χ2v) is 5.59. The molecule has 112 valence electrons. The predicted molar refractivity (Wildman–Crippen MR) is 85.6 cm³/mol. The van der Waals surface area contributed by atoms with Gasteiger partial charge in [-0.05, 0) is 52.0 Å². The summed E-state index contributed by atoms with van der Waals surface area (Å²) in [5.74, 6) is 6.21. The van der Waals surface area contributed by atoms with Crippen molar-refractivity contribution >= 4 is 15.9 Å². The van der Waals surface area contributed by atoms with Crippen molar-refractivity contribution in [1.82, 2.24) is 5.43 Å². The molecule has 21 heavy (non-hydrogen) atoms. The van der Waals surface area contributed by atoms with E-state index in [4.69, 9.17) is 10.6 Å². The van der Waals surface area contributed by atoms with Gasteiger partial charge in [-0.3, -0.25) is 11.3 Å². The zero-order valence-electron chi connectivity index (χ0n) is 11.8. The molecule has 0 bridgehead atoms. The minimum Gasteiger partial charge on any atom is -0.496 e. The number of hydrogen-bond acceptors (Lipinski definition) is 3. The summed E-state index contributed by atoms with van der Waals surface area (Å²) in [7, 11) is 1.65. The van der Waals surface area contributed by atoms with Gasteiger partial charge in [0, 0.05) is 6.04 Å². The average Bonchev–Trinajstić information content (AvgIpc) is 2.51. The molecule has 5 heteroatoms. The highest BCUT2D eigenvalue weighted by atomic mass is 79.9. The van der Waals surface area contributed by atoms with Gasteiger partial charge in [0.2, 0.25) is 0 Å². The molecule has 0 heterocycles. The highest BCUT2D eigenvalue weighted by Crippen LogP contribution is 2.24. The lowest BCUT2D eigenvalue weighted by molar-refractivity contribution is 0.404. The molecule has 3 nitrogen and oxygen atoms in total. The predicted octanol–water partition coefficient (Wildman–Crippen LogP) is 3.21. The van der Waals surface area contributed by atoms with Crippen LogP contribution in [-0.4, -0.2) is 13.2 Å². The standard InChI is InChI=1S/C16H18BrFN2O/c1-21-15-8-3-2-5-11(15)9-13(20-19)10-12-6-4-7-14(18)16(12)17/h2-8,13,20H,9-10,19H2,1H3. The van der Waals surface area contributed by atoms with Gasteiger partial charge in [0.05, 0.1) is 11.6 Å². The molecule has 2 aromatic rings. The van der Waals surface area contributed by atoms with Gasteiger partial charge in [-0.25, -0.2) is 4.39 Å². The molecule has 0 aliphatic heterocycles. The number of para-hydroxylation sites is 1. The van der Waals surface area contributed by atoms with Crippen LogP contribution in [0.1, 0.15) is 11.1 Å². The van der Waals surface area contributed by atoms with Crippen LogP contribution >= 0.6 is 15.9 Å². The summed E-state index contributed by atoms with van der Waals surface area (Å²) >= 11 is 3.28. The Morgan fingerprint density at radius 2 is 1.81 bits per heavy atom. The lowest BCUT2D eigenvalue weighted by Crippen LogP contribution is -2.38. The highest BCUT2D eigenvalue weighted by Gasteiger charge is 2.14. The van der Waals surface area contributed by atoms with Gasteiger partial charge < -0.3 is 4.74 Å². The summed E-state index contributed by atoms with van der Waals surface area (Å²) in [6, 6.07) is 12.8. The molecule has 3 N–H and O–H groups in total. The molecule has 2 rings (SSSR count). The number of ether oxygens (including phenoxy) is 1. The molecule has 0 aliphatic carbocycles. The molecular formula is C16H18BrFN2O. The van der Waals surface area contributed by atoms with Crippen molar-refractivity contribution in [3.63, 3.8) is 0 Å². The van der Waals surface area contributed by atoms with E-state index in [-0.39, 0.29) is 11.9 Å². The summed E-state index contributed by atoms with van der Waals surface area (Å²) in [6.07, 6.45) is 1.32. The maximum Gasteiger partial charge on any atom is 0.137 e. The van der Waals surface area contributed by atoms with E-state index < -0.39 is 0 Å². The SMILES string of the molecule is COc1ccccc1CC(Cc1cccc(F)c1Br)NN. The van der Waals surface area contributed by atoms with E-state index >= 15 is 0 Å². The third-order valence-electron chi connectivity index (χ3n) is 3.39. The quantitative estimate of drug-likeness (QED) is 0.619. The van der Waals surface area contributed by atoms with Crippen LogP contribution in [0.25, 0.3) is 0 Å². The Morgan fingerprint density at radius 1 is 1.14 bits per heavy atom. The zero-order chi connectivity index (χ0) is 15.2. The van der Waals surface area contributed by atoms with Crippen molar-refractivity contribution in [1.29, 1.82) is 0 Å². The summed E-state index contributed by atoms with van der Waals surface area (Å²) in [6.45, 7) is 0. The number of halogens is 2. The zero-order valence-corrected chi connectivity index (χ0v) is 13.4. The van der Waals surface area contributed by atoms with Crippen molar-refractivity contribution in [2.75, 3.05) is 7.11 Å². The molecule has 0 fully saturated rings. The molecule has 2 aromatic carbocycles. The third kappa shape index (κ3) is 4.03. The Labute approximate surface area is 132 Å². The Kier molecular flexibility index (Phi) is 5.73. The van der Waals surface area contributed by atoms with Gasteiger partial charge >= 0.3 is 0 Å². The van der Waals surface area contributed by atoms with Crippen molar-refractivity contribution in [3.05, 3.63) is 63.9 Å². The van der Waals surface area contributed by atoms with Crippen molar-refractivity contribution in [2.24, 2.45) is 5.84 Å². The fourth-order valence-electron chi connectivity index (χ4n) is 2.30. The van der Waals surface area contributed by atoms with Gasteiger partial charge in [0.15, 0.2) is 0 Å². The van der Waals surface area contributed by atoms with Gasteiger partial charge in [-0.2, -0.15) is 0 Å². The van der Waals surface area contributed by atoms with E-state index in [9.17, 15) is 4.39 Å². The fourth-order valence-corrected chi connectivity index (χ4v) is 2.72. The summed E-state index contributed by atoms with van der Waals surface area (Å²) in [5, 5.41) is 0. The van der Waals surface area contributed by atoms with E-state index in [1.165, 1.54) is 6.07 Å². The molecule has 0 aliphatic rings. The Hall–Kier alpha value is -1.43. The van der Waals surface area contributed by atoms with E-state index in [0.29, 0.717) is 17.3 Å². The molecular weight excluding hydrogens is 335 g/mol. The minimum atomic E-state index is -0.263. The van der Waals surface area contributed by atoms with Gasteiger partial charge in [-0.15, -0.1) is 0 Å². The Morgan fingerprint density at radius 3 is 2.52 bits per heavy atom. The summed E-state index contributed by atoms with van der Waals surface area (Å²) in [5.41, 5.74) is 4.75. The molecule has 0 spiro atoms. The Balaban J connectivity index is 2.15. The molecule has 0 amide bonds. The first kappa shape index (κ1) is 15.9. The molecule has 1 atom stereocenters. The van der Waals surface area contributed by atoms with E-state index in [1.807, 2.05) is 30.3 Å². The first-order chi connectivity index (χ1) is 10.2. The third-order valence-corrected chi connectivity index (χ3v) is 4.28. The van der Waals surface area contributed by atoms with Gasteiger partial charge in [0.25, 0.3) is 0 Å². The normalized spacial score (nSPS) is 12.2. The number of hydrogen-bond donors (Lipinski definition) is 2. The molecule has 0 saturated heterocycles. The van der Waals surface area contributed by atoms with E-state index in [1.54, 1.807) is 13.2 Å². The molecule has 1 unspecified atom stereocenters. The number of benzene rings is 2. The van der Waals surface area contributed by atoms with Crippen LogP contribution < -0.4 is 16.0 Å². The second-order valence-electron chi connectivity index (χ2n) is 4.80. The molecule has 0 radical (unpaired) electrons. The first-order valence-corrected chi connectivity index (χ1v) is 7.46. The molecule has 0 aromatic heterocycles. The van der Waals surface area contributed by atoms with Crippen LogP contribution in [0.5, 0.6) is 5.75 Å². The maximum absolute atomic E-state index is 13.6. The monoisotopic (exact) mass is 352 g/mol. The number of methoxy groups -OCH3 is 1. The maximum atomic E-state index is 13.6. The highest BCUT2D eigenvalue weighted by molar-refractivity contribution is 9.10. The number of nitrogens with one attached hydrogen (secondary N) is 1. The number of hydrazine groups is 1. The van der Waals surface area contributed by atoms with Crippen molar-refractivity contribution in [3.8, 4) is 5.75 Å². The summed E-state index contributed by atoms with van der Waals surface area (Å²) in [4.78, 5) is 0. The largest absolute Gasteiger partial charge is 0.496 e. The number of nitrogens with two attached hydrogens (primary N) is 1. The Bertz CT molecular complexity index is 607. The first-order valence-electron chi connectivity index (χ1n) is 6.66. The second kappa shape index (κ2) is 7.54. The van der Waals surface area contributed by atoms with Gasteiger partial charge in [0.1, 0.15) is 11.6 Å². The lowest BCUT2D eigenvalue weighted by Gasteiger charge is -2.18. The van der Waals surface area contributed by atoms with Crippen LogP contribution in [0.2, 0.25) is 0 Å². The smallest absolute Gasteiger partial charge is 0.137 e. The van der Waals surface area contributed by atoms with Crippen molar-refractivity contribution < 1.29 is 9.13 Å². The van der Waals surface area contributed by atoms with Crippen LogP contribution in [0.3, 0.4) is 0 Å². The van der Waals surface area contributed by atoms with E-state index in [2.05, 4.69) is 21.4 Å². The van der Waals surface area contributed by atoms with Crippen LogP contribution in [-0.2, 0) is 12.8 Å². The van der Waals surface area contributed by atoms with Gasteiger partial charge in [-0.1, -0.05) is 30.3 Å². The number of rotatable bonds is 6. The lowest BCUT2D eigenvalue weighted by atomic mass is 9.99. The van der Waals surface area contributed by atoms with Crippen LogP contribution in [0, 0.1) is 5.82 Å². The minimum absolute atomic E-state index is 0.0144. The molecule has 0 saturated carbocycles. The average molecular weight is 353 g/mol. The van der Waals surface area contributed by atoms with E-state index in [0.717, 1.165) is 16.9 Å². The van der Waals surface area contributed by atoms with Crippen LogP contribution in [0.4, 0.5) is 4.39 Å². The fraction of sp³-hybridized carbons (Fsp3) is 0.250. The van der Waals surface area contributed by atoms with Crippen molar-refractivity contribution in [2.45, 2.75) is 18.9 Å². The van der Waals surface area contributed by atoms with Crippen LogP contribution in [0.15, 0.2) is 46.9 Å². The topological polar surface area (TPSA) is 47.3 Å². The summed E-state index contributed by atoms with van der Waals surface area (Å²) < 4.78 is 19.4.